The highest BCUT2D eigenvalue weighted by atomic mass is 19.1. The van der Waals surface area contributed by atoms with Crippen LogP contribution in [0, 0.1) is 24.6 Å². The van der Waals surface area contributed by atoms with Crippen molar-refractivity contribution in [3.8, 4) is 0 Å². The number of carbonyl (C=O) groups excluding carboxylic acids is 1. The highest BCUT2D eigenvalue weighted by Gasteiger charge is 2.43. The van der Waals surface area contributed by atoms with Crippen molar-refractivity contribution >= 4 is 28.2 Å². The van der Waals surface area contributed by atoms with Crippen LogP contribution in [0.2, 0.25) is 0 Å². The highest BCUT2D eigenvalue weighted by Crippen LogP contribution is 2.41. The topological polar surface area (TPSA) is 51.4 Å². The van der Waals surface area contributed by atoms with E-state index in [-0.39, 0.29) is 11.7 Å². The Bertz CT molecular complexity index is 1080. The van der Waals surface area contributed by atoms with Gasteiger partial charge in [0.15, 0.2) is 0 Å². The van der Waals surface area contributed by atoms with E-state index in [9.17, 15) is 9.18 Å². The van der Waals surface area contributed by atoms with Crippen LogP contribution in [0.15, 0.2) is 42.5 Å². The summed E-state index contributed by atoms with van der Waals surface area (Å²) in [5.41, 5.74) is 3.83. The number of nitrogens with zero attached hydrogens (tertiary/aromatic N) is 2. The lowest BCUT2D eigenvalue weighted by Crippen LogP contribution is -2.50. The normalized spacial score (nSPS) is 23.0. The molecule has 0 spiro atoms. The molecule has 162 valence electrons. The number of nitrogens with one attached hydrogen (secondary N) is 2. The average molecular weight is 421 g/mol. The summed E-state index contributed by atoms with van der Waals surface area (Å²) in [5, 5.41) is 3.42. The fraction of sp³-hybridized carbons (Fsp3) is 0.400. The Morgan fingerprint density at radius 2 is 1.87 bits per heavy atom. The molecule has 2 fully saturated rings. The van der Waals surface area contributed by atoms with Crippen molar-refractivity contribution in [3.63, 3.8) is 0 Å². The molecular formula is C25H29FN4O. The Morgan fingerprint density at radius 1 is 1.13 bits per heavy atom. The van der Waals surface area contributed by atoms with Crippen LogP contribution in [0.25, 0.3) is 10.9 Å². The largest absolute Gasteiger partial charge is 0.371 e. The van der Waals surface area contributed by atoms with E-state index >= 15 is 0 Å². The second-order valence-corrected chi connectivity index (χ2v) is 9.30. The summed E-state index contributed by atoms with van der Waals surface area (Å²) in [4.78, 5) is 20.8. The van der Waals surface area contributed by atoms with Crippen LogP contribution in [0.4, 0.5) is 15.8 Å². The Morgan fingerprint density at radius 3 is 2.55 bits per heavy atom. The maximum Gasteiger partial charge on any atom is 0.272 e. The van der Waals surface area contributed by atoms with E-state index in [1.807, 2.05) is 25.1 Å². The fourth-order valence-electron chi connectivity index (χ4n) is 5.67. The molecule has 5 nitrogen and oxygen atoms in total. The Labute approximate surface area is 182 Å². The average Bonchev–Trinajstić information content (AvgIpc) is 3.32. The third-order valence-corrected chi connectivity index (χ3v) is 7.04. The van der Waals surface area contributed by atoms with Crippen LogP contribution < -0.4 is 10.2 Å². The van der Waals surface area contributed by atoms with E-state index < -0.39 is 0 Å². The molecule has 1 aromatic heterocycles. The van der Waals surface area contributed by atoms with Gasteiger partial charge in [0.1, 0.15) is 11.5 Å². The molecule has 1 saturated carbocycles. The molecule has 2 aromatic carbocycles. The van der Waals surface area contributed by atoms with Crippen molar-refractivity contribution in [2.45, 2.75) is 25.8 Å². The van der Waals surface area contributed by atoms with E-state index in [0.717, 1.165) is 30.0 Å². The van der Waals surface area contributed by atoms with Gasteiger partial charge in [0.2, 0.25) is 0 Å². The maximum absolute atomic E-state index is 14.1. The number of hydrogen-bond acceptors (Lipinski definition) is 3. The number of anilines is 2. The van der Waals surface area contributed by atoms with Gasteiger partial charge in [0.25, 0.3) is 5.91 Å². The number of hydrogen-bond donors (Lipinski definition) is 2. The lowest BCUT2D eigenvalue weighted by Gasteiger charge is -2.42. The van der Waals surface area contributed by atoms with Crippen LogP contribution in [0.1, 0.15) is 28.9 Å². The minimum atomic E-state index is -0.325. The number of H-pyrrole nitrogens is 1. The molecule has 2 N–H and O–H groups in total. The van der Waals surface area contributed by atoms with Crippen LogP contribution in [0.5, 0.6) is 0 Å². The molecule has 0 radical (unpaired) electrons. The number of aromatic nitrogens is 1. The van der Waals surface area contributed by atoms with Gasteiger partial charge in [-0.15, -0.1) is 0 Å². The van der Waals surface area contributed by atoms with Crippen molar-refractivity contribution < 1.29 is 9.18 Å². The van der Waals surface area contributed by atoms with Gasteiger partial charge in [-0.3, -0.25) is 4.79 Å². The predicted molar refractivity (Wildman–Crippen MR) is 123 cm³/mol. The smallest absolute Gasteiger partial charge is 0.272 e. The van der Waals surface area contributed by atoms with Crippen LogP contribution >= 0.6 is 0 Å². The molecule has 5 rings (SSSR count). The highest BCUT2D eigenvalue weighted by molar-refractivity contribution is 6.06. The lowest BCUT2D eigenvalue weighted by molar-refractivity contribution is 0.102. The molecule has 2 bridgehead atoms. The number of amides is 1. The Balaban J connectivity index is 1.34. The van der Waals surface area contributed by atoms with Crippen LogP contribution in [-0.2, 0) is 0 Å². The molecule has 2 atom stereocenters. The molecule has 2 aliphatic rings. The molecule has 2 unspecified atom stereocenters. The molecule has 6 heteroatoms. The summed E-state index contributed by atoms with van der Waals surface area (Å²) in [7, 11) is 4.39. The van der Waals surface area contributed by atoms with Gasteiger partial charge in [-0.05, 0) is 81.6 Å². The van der Waals surface area contributed by atoms with Crippen LogP contribution in [0.3, 0.4) is 0 Å². The van der Waals surface area contributed by atoms with Gasteiger partial charge >= 0.3 is 0 Å². The zero-order valence-corrected chi connectivity index (χ0v) is 18.3. The van der Waals surface area contributed by atoms with Crippen molar-refractivity contribution in [2.24, 2.45) is 11.8 Å². The van der Waals surface area contributed by atoms with Gasteiger partial charge in [0.05, 0.1) is 5.52 Å². The first kappa shape index (κ1) is 20.1. The SMILES string of the molecule is Cc1ccc(F)c2cc(C(=O)Nc3cccc(N4CC5CCC(C4)C5N(C)C)c3)[nH]c12. The van der Waals surface area contributed by atoms with Gasteiger partial charge in [-0.2, -0.15) is 0 Å². The second kappa shape index (κ2) is 7.68. The molecule has 3 aromatic rings. The summed E-state index contributed by atoms with van der Waals surface area (Å²) in [6.45, 7) is 4.00. The lowest BCUT2D eigenvalue weighted by atomic mass is 9.91. The number of piperidine rings is 1. The van der Waals surface area contributed by atoms with Crippen molar-refractivity contribution in [3.05, 3.63) is 59.5 Å². The molecule has 1 amide bonds. The Hall–Kier alpha value is -2.86. The zero-order valence-electron chi connectivity index (χ0n) is 18.3. The number of aryl methyl sites for hydroxylation is 1. The minimum Gasteiger partial charge on any atom is -0.371 e. The molecule has 1 aliphatic carbocycles. The van der Waals surface area contributed by atoms with Crippen molar-refractivity contribution in [2.75, 3.05) is 37.4 Å². The zero-order chi connectivity index (χ0) is 21.7. The molecule has 31 heavy (non-hydrogen) atoms. The first-order valence-electron chi connectivity index (χ1n) is 11.0. The molecule has 1 aliphatic heterocycles. The van der Waals surface area contributed by atoms with Crippen LogP contribution in [-0.4, -0.2) is 49.0 Å². The van der Waals surface area contributed by atoms with Gasteiger partial charge in [-0.25, -0.2) is 4.39 Å². The van der Waals surface area contributed by atoms with E-state index in [2.05, 4.69) is 40.3 Å². The summed E-state index contributed by atoms with van der Waals surface area (Å²) in [5.74, 6) is 0.792. The second-order valence-electron chi connectivity index (χ2n) is 9.30. The number of halogens is 1. The van der Waals surface area contributed by atoms with Crippen molar-refractivity contribution in [1.82, 2.24) is 9.88 Å². The van der Waals surface area contributed by atoms with Gasteiger partial charge < -0.3 is 20.1 Å². The van der Waals surface area contributed by atoms with E-state index in [1.54, 1.807) is 12.1 Å². The third-order valence-electron chi connectivity index (χ3n) is 7.04. The van der Waals surface area contributed by atoms with Gasteiger partial charge in [0, 0.05) is 35.9 Å². The minimum absolute atomic E-state index is 0.265. The van der Waals surface area contributed by atoms with Gasteiger partial charge in [-0.1, -0.05) is 12.1 Å². The number of rotatable bonds is 4. The monoisotopic (exact) mass is 420 g/mol. The number of carbonyl (C=O) groups is 1. The first-order valence-corrected chi connectivity index (χ1v) is 11.0. The number of fused-ring (bicyclic) bond motifs is 3. The van der Waals surface area contributed by atoms with E-state index in [1.165, 1.54) is 18.9 Å². The molecular weight excluding hydrogens is 391 g/mol. The molecule has 1 saturated heterocycles. The van der Waals surface area contributed by atoms with E-state index in [0.29, 0.717) is 34.5 Å². The Kier molecular flexibility index (Phi) is 4.97. The third kappa shape index (κ3) is 3.59. The summed E-state index contributed by atoms with van der Waals surface area (Å²) < 4.78 is 14.1. The number of aromatic amines is 1. The molecule has 2 heterocycles. The first-order chi connectivity index (χ1) is 14.9. The maximum atomic E-state index is 14.1. The van der Waals surface area contributed by atoms with E-state index in [4.69, 9.17) is 0 Å². The fourth-order valence-corrected chi connectivity index (χ4v) is 5.67. The summed E-state index contributed by atoms with van der Waals surface area (Å²) >= 11 is 0. The summed E-state index contributed by atoms with van der Waals surface area (Å²) in [6.07, 6.45) is 2.58. The number of benzene rings is 2. The summed E-state index contributed by atoms with van der Waals surface area (Å²) in [6, 6.07) is 13.5. The predicted octanol–water partition coefficient (Wildman–Crippen LogP) is 4.64. The van der Waals surface area contributed by atoms with Crippen molar-refractivity contribution in [1.29, 1.82) is 0 Å². The standard InChI is InChI=1S/C25H29FN4O/c1-15-7-10-21(26)20-12-22(28-23(15)20)25(31)27-18-5-4-6-19(11-18)30-13-16-8-9-17(14-30)24(16)29(2)3/h4-7,10-12,16-17,24,28H,8-9,13-14H2,1-3H3,(H,27,31). The quantitative estimate of drug-likeness (QED) is 0.646.